The Morgan fingerprint density at radius 2 is 1.67 bits per heavy atom. The van der Waals surface area contributed by atoms with E-state index in [1.54, 1.807) is 34.5 Å². The van der Waals surface area contributed by atoms with E-state index in [9.17, 15) is 0 Å². The van der Waals surface area contributed by atoms with Crippen LogP contribution in [0.25, 0.3) is 0 Å². The van der Waals surface area contributed by atoms with Crippen molar-refractivity contribution in [3.05, 3.63) is 47.1 Å². The van der Waals surface area contributed by atoms with Gasteiger partial charge in [-0.05, 0) is 0 Å². The van der Waals surface area contributed by atoms with Crippen molar-refractivity contribution in [3.8, 4) is 0 Å². The van der Waals surface area contributed by atoms with E-state index >= 15 is 0 Å². The molecule has 0 aliphatic heterocycles. The number of allylic oxidation sites excluding steroid dienone is 8. The Hall–Kier alpha value is 0.640. The minimum absolute atomic E-state index is 0. The van der Waals surface area contributed by atoms with Crippen molar-refractivity contribution in [3.63, 3.8) is 0 Å². The molecule has 0 aromatic heterocycles. The van der Waals surface area contributed by atoms with Crippen LogP contribution in [0.2, 0.25) is 13.1 Å². The second-order valence-electron chi connectivity index (χ2n) is 5.65. The van der Waals surface area contributed by atoms with E-state index in [1.165, 1.54) is 24.8 Å². The molecule has 0 aromatic carbocycles. The second-order valence-corrected chi connectivity index (χ2v) is 15.0. The predicted molar refractivity (Wildman–Crippen MR) is 112 cm³/mol. The molecule has 0 aromatic rings. The Bertz CT molecular complexity index is 448. The van der Waals surface area contributed by atoms with Crippen LogP contribution in [0.1, 0.15) is 59.8 Å². The van der Waals surface area contributed by atoms with Gasteiger partial charge in [0, 0.05) is 0 Å². The first-order valence-electron chi connectivity index (χ1n) is 8.59. The molecule has 0 radical (unpaired) electrons. The van der Waals surface area contributed by atoms with Crippen molar-refractivity contribution in [2.75, 3.05) is 0 Å². The number of rotatable bonds is 4. The van der Waals surface area contributed by atoms with E-state index in [4.69, 9.17) is 0 Å². The summed E-state index contributed by atoms with van der Waals surface area (Å²) in [7, 11) is 0. The number of hydrogen-bond acceptors (Lipinski definition) is 0. The van der Waals surface area contributed by atoms with Crippen molar-refractivity contribution < 1.29 is 23.3 Å². The van der Waals surface area contributed by atoms with E-state index < -0.39 is 0 Å². The van der Waals surface area contributed by atoms with Gasteiger partial charge in [-0.15, -0.1) is 31.2 Å². The first-order chi connectivity index (χ1) is 10.5. The largest absolute Gasteiger partial charge is 0.273 e. The zero-order chi connectivity index (χ0) is 17.0. The van der Waals surface area contributed by atoms with Gasteiger partial charge in [-0.3, -0.25) is 12.2 Å². The van der Waals surface area contributed by atoms with Gasteiger partial charge < -0.3 is 0 Å². The maximum Gasteiger partial charge on any atom is -0.109 e. The third-order valence-corrected chi connectivity index (χ3v) is 3.60. The van der Waals surface area contributed by atoms with Crippen LogP contribution in [-0.2, 0) is 23.3 Å². The van der Waals surface area contributed by atoms with Crippen LogP contribution in [0.5, 0.6) is 0 Å². The Balaban J connectivity index is -0.000000335. The zero-order valence-corrected chi connectivity index (χ0v) is 21.3. The molecule has 0 saturated carbocycles. The smallest absolute Gasteiger partial charge is 0.109 e. The molecule has 2 aliphatic rings. The maximum atomic E-state index is 3.63. The maximum absolute atomic E-state index is 3.63. The van der Waals surface area contributed by atoms with Crippen molar-refractivity contribution in [2.24, 2.45) is 5.92 Å². The Kier molecular flexibility index (Phi) is 22.6. The third-order valence-electron chi connectivity index (χ3n) is 3.60. The minimum Gasteiger partial charge on any atom is -0.273 e. The first kappa shape index (κ1) is 29.4. The van der Waals surface area contributed by atoms with Gasteiger partial charge in [-0.2, -0.15) is 17.2 Å². The van der Waals surface area contributed by atoms with Crippen molar-refractivity contribution in [2.45, 2.75) is 72.9 Å². The molecule has 1 atom stereocenters. The third kappa shape index (κ3) is 12.1. The molecule has 0 spiro atoms. The molecule has 0 N–H and O–H groups in total. The van der Waals surface area contributed by atoms with E-state index in [1.807, 2.05) is 12.2 Å². The molecule has 0 saturated heterocycles. The van der Waals surface area contributed by atoms with Crippen molar-refractivity contribution >= 4 is 30.2 Å². The molecule has 0 nitrogen and oxygen atoms in total. The monoisotopic (exact) mass is 462 g/mol. The summed E-state index contributed by atoms with van der Waals surface area (Å²) in [6.45, 7) is 13.7. The van der Waals surface area contributed by atoms with Crippen LogP contribution >= 0.6 is 24.8 Å². The summed E-state index contributed by atoms with van der Waals surface area (Å²) in [5, 5.41) is 0. The topological polar surface area (TPSA) is 0 Å². The fourth-order valence-corrected chi connectivity index (χ4v) is 2.69. The Morgan fingerprint density at radius 3 is 1.92 bits per heavy atom. The summed E-state index contributed by atoms with van der Waals surface area (Å²) >= 11 is 1.74. The summed E-state index contributed by atoms with van der Waals surface area (Å²) in [6.07, 6.45) is 18.4. The minimum atomic E-state index is 0. The van der Waals surface area contributed by atoms with Crippen LogP contribution in [-0.4, -0.2) is 5.43 Å². The van der Waals surface area contributed by atoms with Gasteiger partial charge in [0.1, 0.15) is 0 Å². The molecule has 1 unspecified atom stereocenters. The standard InChI is InChI=1S/C13H21.C5H5.C2H6Si.2ClH.Zr/c1-5-10-9-11(6-2)13(8-4)12(10)7-3;1-2-4-5-3-1;1-3-2;;;/h10H,5-8H2,1-4H3;1-3H,4H2;1-2H3;2*1H;/q2*-1;;;;+2. The fourth-order valence-electron chi connectivity index (χ4n) is 2.69. The molecule has 24 heavy (non-hydrogen) atoms. The Labute approximate surface area is 178 Å². The predicted octanol–water partition coefficient (Wildman–Crippen LogP) is 7.22. The molecular formula is C20H34Cl2SiZr. The van der Waals surface area contributed by atoms with Gasteiger partial charge in [0.2, 0.25) is 0 Å². The van der Waals surface area contributed by atoms with Crippen LogP contribution in [0.15, 0.2) is 34.9 Å². The van der Waals surface area contributed by atoms with Crippen LogP contribution in [0, 0.1) is 18.1 Å². The van der Waals surface area contributed by atoms with E-state index in [0.29, 0.717) is 5.92 Å². The molecule has 0 heterocycles. The van der Waals surface area contributed by atoms with Gasteiger partial charge in [0.15, 0.2) is 0 Å². The molecule has 2 rings (SSSR count). The van der Waals surface area contributed by atoms with Gasteiger partial charge in [-0.25, -0.2) is 17.7 Å². The van der Waals surface area contributed by atoms with Crippen LogP contribution < -0.4 is 0 Å². The summed E-state index contributed by atoms with van der Waals surface area (Å²) < 4.78 is 0. The van der Waals surface area contributed by atoms with E-state index in [-0.39, 0.29) is 30.2 Å². The van der Waals surface area contributed by atoms with E-state index in [2.05, 4.69) is 59.0 Å². The summed E-state index contributed by atoms with van der Waals surface area (Å²) in [5.41, 5.74) is 4.96. The van der Waals surface area contributed by atoms with Gasteiger partial charge in [-0.1, -0.05) is 59.3 Å². The first-order valence-corrected chi connectivity index (χ1v) is 14.8. The number of halogens is 2. The second kappa shape index (κ2) is 18.4. The SMILES string of the molecule is CCC1=[C-]C(CC)C(CC)=C1CC.C[Si](C)=[Zr+2].Cl.Cl.[C-]1=CC=CC1. The molecule has 0 amide bonds. The molecule has 0 fully saturated rings. The molecular weight excluding hydrogens is 430 g/mol. The Morgan fingerprint density at radius 1 is 1.08 bits per heavy atom. The zero-order valence-electron chi connectivity index (χ0n) is 16.2. The molecule has 136 valence electrons. The van der Waals surface area contributed by atoms with E-state index in [0.717, 1.165) is 12.8 Å². The van der Waals surface area contributed by atoms with Crippen LogP contribution in [0.3, 0.4) is 0 Å². The van der Waals surface area contributed by atoms with Crippen molar-refractivity contribution in [1.29, 1.82) is 0 Å². The van der Waals surface area contributed by atoms with Gasteiger partial charge >= 0.3 is 41.9 Å². The number of hydrogen-bond donors (Lipinski definition) is 0. The summed E-state index contributed by atoms with van der Waals surface area (Å²) in [4.78, 5) is 0. The molecule has 2 aliphatic carbocycles. The van der Waals surface area contributed by atoms with Crippen molar-refractivity contribution in [1.82, 2.24) is 0 Å². The molecule has 0 bridgehead atoms. The van der Waals surface area contributed by atoms with Gasteiger partial charge in [0.25, 0.3) is 0 Å². The quantitative estimate of drug-likeness (QED) is 0.304. The average Bonchev–Trinajstić information content (AvgIpc) is 3.16. The summed E-state index contributed by atoms with van der Waals surface area (Å²) in [5.74, 6) is 0.634. The fraction of sp³-hybridized carbons (Fsp3) is 0.600. The van der Waals surface area contributed by atoms with Crippen LogP contribution in [0.4, 0.5) is 0 Å². The van der Waals surface area contributed by atoms with Gasteiger partial charge in [0.05, 0.1) is 0 Å². The molecule has 4 heteroatoms. The normalized spacial score (nSPS) is 17.0. The average molecular weight is 465 g/mol. The summed E-state index contributed by atoms with van der Waals surface area (Å²) in [6, 6.07) is 0.